The molecule has 1 N–H and O–H groups in total. The number of aromatic amines is 1. The molecule has 0 saturated carbocycles. The van der Waals surface area contributed by atoms with E-state index in [2.05, 4.69) is 29.2 Å². The summed E-state index contributed by atoms with van der Waals surface area (Å²) >= 11 is 5.19. The van der Waals surface area contributed by atoms with Gasteiger partial charge in [0, 0.05) is 25.9 Å². The molecule has 1 aliphatic rings. The van der Waals surface area contributed by atoms with Gasteiger partial charge >= 0.3 is 0 Å². The summed E-state index contributed by atoms with van der Waals surface area (Å²) in [5, 5.41) is 0. The van der Waals surface area contributed by atoms with Gasteiger partial charge in [0.2, 0.25) is 0 Å². The Hall–Kier alpha value is -1.98. The van der Waals surface area contributed by atoms with Crippen molar-refractivity contribution in [2.24, 2.45) is 0 Å². The fraction of sp³-hybridized carbons (Fsp3) is 0.368. The van der Waals surface area contributed by atoms with E-state index in [1.165, 1.54) is 5.56 Å². The SMILES string of the molecule is O=C(c1ccc[nH]c1=S)N1CC[C@H](OCCCc2ccccc2)C1. The van der Waals surface area contributed by atoms with Crippen molar-refractivity contribution in [1.29, 1.82) is 0 Å². The van der Waals surface area contributed by atoms with Gasteiger partial charge in [0.15, 0.2) is 0 Å². The van der Waals surface area contributed by atoms with Gasteiger partial charge in [-0.1, -0.05) is 42.5 Å². The first kappa shape index (κ1) is 16.9. The van der Waals surface area contributed by atoms with Gasteiger partial charge < -0.3 is 14.6 Å². The van der Waals surface area contributed by atoms with Crippen molar-refractivity contribution in [3.8, 4) is 0 Å². The maximum atomic E-state index is 12.5. The topological polar surface area (TPSA) is 45.3 Å². The first-order valence-corrected chi connectivity index (χ1v) is 8.77. The van der Waals surface area contributed by atoms with Crippen molar-refractivity contribution in [3.63, 3.8) is 0 Å². The summed E-state index contributed by atoms with van der Waals surface area (Å²) in [4.78, 5) is 17.3. The Morgan fingerprint density at radius 2 is 2.08 bits per heavy atom. The third kappa shape index (κ3) is 4.30. The minimum atomic E-state index is -0.00719. The van der Waals surface area contributed by atoms with E-state index in [0.29, 0.717) is 16.7 Å². The molecule has 3 rings (SSSR count). The van der Waals surface area contributed by atoms with Gasteiger partial charge in [0.1, 0.15) is 4.64 Å². The molecule has 126 valence electrons. The molecule has 0 aliphatic carbocycles. The number of aryl methyl sites for hydroxylation is 1. The van der Waals surface area contributed by atoms with Crippen LogP contribution in [0.5, 0.6) is 0 Å². The third-order valence-electron chi connectivity index (χ3n) is 4.29. The Kier molecular flexibility index (Phi) is 5.77. The number of rotatable bonds is 6. The lowest BCUT2D eigenvalue weighted by Crippen LogP contribution is -2.30. The van der Waals surface area contributed by atoms with Gasteiger partial charge in [0.05, 0.1) is 11.7 Å². The van der Waals surface area contributed by atoms with Crippen LogP contribution in [-0.2, 0) is 11.2 Å². The van der Waals surface area contributed by atoms with E-state index in [0.717, 1.165) is 32.4 Å². The molecule has 4 nitrogen and oxygen atoms in total. The molecule has 0 spiro atoms. The number of nitrogens with one attached hydrogen (secondary N) is 1. The Balaban J connectivity index is 1.43. The molecular formula is C19H22N2O2S. The van der Waals surface area contributed by atoms with E-state index < -0.39 is 0 Å². The molecule has 1 saturated heterocycles. The predicted octanol–water partition coefficient (Wildman–Crippen LogP) is 3.61. The van der Waals surface area contributed by atoms with Crippen LogP contribution in [0.3, 0.4) is 0 Å². The van der Waals surface area contributed by atoms with E-state index in [-0.39, 0.29) is 12.0 Å². The van der Waals surface area contributed by atoms with Crippen LogP contribution in [0.15, 0.2) is 48.7 Å². The second-order valence-electron chi connectivity index (χ2n) is 6.03. The predicted molar refractivity (Wildman–Crippen MR) is 96.7 cm³/mol. The average Bonchev–Trinajstić information content (AvgIpc) is 3.08. The molecule has 1 aromatic carbocycles. The lowest BCUT2D eigenvalue weighted by molar-refractivity contribution is 0.0524. The molecule has 0 bridgehead atoms. The maximum absolute atomic E-state index is 12.5. The first-order valence-electron chi connectivity index (χ1n) is 8.36. The van der Waals surface area contributed by atoms with Crippen LogP contribution >= 0.6 is 12.2 Å². The molecule has 2 heterocycles. The highest BCUT2D eigenvalue weighted by molar-refractivity contribution is 7.71. The van der Waals surface area contributed by atoms with Gasteiger partial charge in [-0.15, -0.1) is 0 Å². The molecule has 2 aromatic rings. The highest BCUT2D eigenvalue weighted by Gasteiger charge is 2.27. The summed E-state index contributed by atoms with van der Waals surface area (Å²) in [6, 6.07) is 14.0. The van der Waals surface area contributed by atoms with Gasteiger partial charge in [0.25, 0.3) is 5.91 Å². The van der Waals surface area contributed by atoms with Crippen molar-refractivity contribution in [2.75, 3.05) is 19.7 Å². The number of carbonyl (C=O) groups excluding carboxylic acids is 1. The number of pyridine rings is 1. The molecule has 1 fully saturated rings. The molecule has 1 atom stereocenters. The largest absolute Gasteiger partial charge is 0.376 e. The highest BCUT2D eigenvalue weighted by Crippen LogP contribution is 2.17. The third-order valence-corrected chi connectivity index (χ3v) is 4.62. The Bertz CT molecular complexity index is 729. The standard InChI is InChI=1S/C19H22N2O2S/c22-19(17-9-4-11-20-18(17)24)21-12-10-16(14-21)23-13-5-8-15-6-2-1-3-7-15/h1-4,6-7,9,11,16H,5,8,10,12-14H2,(H,20,24)/t16-/m0/s1. The summed E-state index contributed by atoms with van der Waals surface area (Å²) in [6.07, 6.45) is 4.78. The van der Waals surface area contributed by atoms with E-state index in [9.17, 15) is 4.79 Å². The Labute approximate surface area is 147 Å². The molecule has 1 aliphatic heterocycles. The molecular weight excluding hydrogens is 320 g/mol. The van der Waals surface area contributed by atoms with Gasteiger partial charge in [-0.25, -0.2) is 0 Å². The number of hydrogen-bond acceptors (Lipinski definition) is 3. The van der Waals surface area contributed by atoms with Crippen molar-refractivity contribution >= 4 is 18.1 Å². The molecule has 24 heavy (non-hydrogen) atoms. The van der Waals surface area contributed by atoms with Crippen molar-refractivity contribution < 1.29 is 9.53 Å². The summed E-state index contributed by atoms with van der Waals surface area (Å²) in [6.45, 7) is 2.10. The van der Waals surface area contributed by atoms with E-state index in [1.807, 2.05) is 11.0 Å². The summed E-state index contributed by atoms with van der Waals surface area (Å²) in [7, 11) is 0. The molecule has 5 heteroatoms. The lowest BCUT2D eigenvalue weighted by atomic mass is 10.1. The molecule has 1 aromatic heterocycles. The fourth-order valence-electron chi connectivity index (χ4n) is 2.98. The van der Waals surface area contributed by atoms with E-state index >= 15 is 0 Å². The van der Waals surface area contributed by atoms with Gasteiger partial charge in [-0.05, 0) is 37.0 Å². The minimum Gasteiger partial charge on any atom is -0.376 e. The number of H-pyrrole nitrogens is 1. The Morgan fingerprint density at radius 1 is 1.25 bits per heavy atom. The first-order chi connectivity index (χ1) is 11.7. The maximum Gasteiger partial charge on any atom is 0.256 e. The van der Waals surface area contributed by atoms with Crippen molar-refractivity contribution in [3.05, 3.63) is 64.4 Å². The molecule has 0 radical (unpaired) electrons. The summed E-state index contributed by atoms with van der Waals surface area (Å²) < 4.78 is 6.44. The fourth-order valence-corrected chi connectivity index (χ4v) is 3.20. The zero-order valence-electron chi connectivity index (χ0n) is 13.6. The van der Waals surface area contributed by atoms with Crippen LogP contribution in [0.2, 0.25) is 0 Å². The van der Waals surface area contributed by atoms with Crippen LogP contribution in [0.25, 0.3) is 0 Å². The van der Waals surface area contributed by atoms with Gasteiger partial charge in [-0.2, -0.15) is 0 Å². The van der Waals surface area contributed by atoms with E-state index in [4.69, 9.17) is 17.0 Å². The zero-order valence-corrected chi connectivity index (χ0v) is 14.4. The van der Waals surface area contributed by atoms with Gasteiger partial charge in [-0.3, -0.25) is 4.79 Å². The second kappa shape index (κ2) is 8.22. The molecule has 1 amide bonds. The number of aromatic nitrogens is 1. The lowest BCUT2D eigenvalue weighted by Gasteiger charge is -2.17. The summed E-state index contributed by atoms with van der Waals surface area (Å²) in [5.74, 6) is -0.00719. The zero-order chi connectivity index (χ0) is 16.8. The van der Waals surface area contributed by atoms with Crippen LogP contribution in [0.1, 0.15) is 28.8 Å². The normalized spacial score (nSPS) is 17.2. The number of hydrogen-bond donors (Lipinski definition) is 1. The number of ether oxygens (including phenoxy) is 1. The van der Waals surface area contributed by atoms with Crippen molar-refractivity contribution in [2.45, 2.75) is 25.4 Å². The van der Waals surface area contributed by atoms with Crippen LogP contribution in [-0.4, -0.2) is 41.6 Å². The quantitative estimate of drug-likeness (QED) is 0.644. The van der Waals surface area contributed by atoms with Crippen LogP contribution < -0.4 is 0 Å². The minimum absolute atomic E-state index is 0.00719. The second-order valence-corrected chi connectivity index (χ2v) is 6.44. The van der Waals surface area contributed by atoms with Crippen LogP contribution in [0, 0.1) is 4.64 Å². The smallest absolute Gasteiger partial charge is 0.256 e. The van der Waals surface area contributed by atoms with Crippen molar-refractivity contribution in [1.82, 2.24) is 9.88 Å². The van der Waals surface area contributed by atoms with E-state index in [1.54, 1.807) is 18.3 Å². The Morgan fingerprint density at radius 3 is 2.88 bits per heavy atom. The number of amides is 1. The number of likely N-dealkylation sites (tertiary alicyclic amines) is 1. The number of nitrogens with zero attached hydrogens (tertiary/aromatic N) is 1. The van der Waals surface area contributed by atoms with Crippen LogP contribution in [0.4, 0.5) is 0 Å². The monoisotopic (exact) mass is 342 g/mol. The number of carbonyl (C=O) groups is 1. The molecule has 0 unspecified atom stereocenters. The average molecular weight is 342 g/mol. The summed E-state index contributed by atoms with van der Waals surface area (Å²) in [5.41, 5.74) is 1.90. The highest BCUT2D eigenvalue weighted by atomic mass is 32.1. The number of benzene rings is 1.